The van der Waals surface area contributed by atoms with Gasteiger partial charge in [0.15, 0.2) is 17.5 Å². The molecule has 0 saturated heterocycles. The van der Waals surface area contributed by atoms with Gasteiger partial charge in [0.25, 0.3) is 0 Å². The van der Waals surface area contributed by atoms with Crippen LogP contribution in [0.3, 0.4) is 0 Å². The van der Waals surface area contributed by atoms with Gasteiger partial charge in [-0.1, -0.05) is 29.8 Å². The van der Waals surface area contributed by atoms with E-state index in [1.165, 1.54) is 0 Å². The van der Waals surface area contributed by atoms with E-state index in [0.717, 1.165) is 41.5 Å². The molecule has 0 fully saturated rings. The zero-order chi connectivity index (χ0) is 20.4. The van der Waals surface area contributed by atoms with E-state index in [1.54, 1.807) is 28.4 Å². The Morgan fingerprint density at radius 3 is 2.25 bits per heavy atom. The average Bonchev–Trinajstić information content (AvgIpc) is 2.73. The number of hydrogen-bond acceptors (Lipinski definition) is 4. The number of rotatable bonds is 9. The van der Waals surface area contributed by atoms with Crippen molar-refractivity contribution < 1.29 is 14.2 Å². The van der Waals surface area contributed by atoms with Crippen LogP contribution in [0.15, 0.2) is 41.4 Å². The zero-order valence-corrected chi connectivity index (χ0v) is 17.6. The van der Waals surface area contributed by atoms with Crippen molar-refractivity contribution in [3.63, 3.8) is 0 Å². The first kappa shape index (κ1) is 21.7. The molecule has 6 nitrogen and oxygen atoms in total. The van der Waals surface area contributed by atoms with Gasteiger partial charge in [-0.05, 0) is 42.2 Å². The number of guanidine groups is 1. The highest BCUT2D eigenvalue weighted by molar-refractivity contribution is 6.31. The summed E-state index contributed by atoms with van der Waals surface area (Å²) >= 11 is 6.20. The molecular weight excluding hydrogens is 378 g/mol. The molecule has 2 aromatic carbocycles. The van der Waals surface area contributed by atoms with E-state index in [-0.39, 0.29) is 0 Å². The van der Waals surface area contributed by atoms with Crippen LogP contribution in [0.1, 0.15) is 17.5 Å². The third kappa shape index (κ3) is 5.96. The van der Waals surface area contributed by atoms with E-state index >= 15 is 0 Å². The van der Waals surface area contributed by atoms with Crippen molar-refractivity contribution in [2.75, 3.05) is 34.9 Å². The molecule has 2 aromatic rings. The minimum atomic E-state index is 0.570. The Morgan fingerprint density at radius 1 is 1.00 bits per heavy atom. The van der Waals surface area contributed by atoms with Gasteiger partial charge in [0.05, 0.1) is 21.3 Å². The number of nitrogens with zero attached hydrogens (tertiary/aromatic N) is 1. The van der Waals surface area contributed by atoms with Crippen molar-refractivity contribution in [1.29, 1.82) is 0 Å². The highest BCUT2D eigenvalue weighted by Crippen LogP contribution is 2.38. The molecule has 152 valence electrons. The lowest BCUT2D eigenvalue weighted by molar-refractivity contribution is 0.323. The molecular formula is C21H28ClN3O3. The summed E-state index contributed by atoms with van der Waals surface area (Å²) < 4.78 is 16.1. The number of halogens is 1. The maximum atomic E-state index is 6.20. The van der Waals surface area contributed by atoms with Crippen LogP contribution in [0.25, 0.3) is 0 Å². The molecule has 0 radical (unpaired) electrons. The summed E-state index contributed by atoms with van der Waals surface area (Å²) in [5.74, 6) is 2.56. The van der Waals surface area contributed by atoms with Crippen LogP contribution in [0.5, 0.6) is 17.2 Å². The summed E-state index contributed by atoms with van der Waals surface area (Å²) in [7, 11) is 6.55. The lowest BCUT2D eigenvalue weighted by atomic mass is 10.1. The molecule has 0 aliphatic heterocycles. The van der Waals surface area contributed by atoms with Gasteiger partial charge in [-0.15, -0.1) is 0 Å². The number of aryl methyl sites for hydroxylation is 1. The van der Waals surface area contributed by atoms with E-state index in [0.29, 0.717) is 23.8 Å². The standard InChI is InChI=1S/C21H28ClN3O3/c1-23-21(24-11-7-9-16-8-5-6-10-17(16)22)25-14-15-12-18(26-2)20(28-4)19(13-15)27-3/h5-6,8,10,12-13H,7,9,11,14H2,1-4H3,(H2,23,24,25). The van der Waals surface area contributed by atoms with Gasteiger partial charge in [-0.25, -0.2) is 0 Å². The fourth-order valence-corrected chi connectivity index (χ4v) is 3.06. The van der Waals surface area contributed by atoms with Gasteiger partial charge >= 0.3 is 0 Å². The fourth-order valence-electron chi connectivity index (χ4n) is 2.83. The maximum absolute atomic E-state index is 6.20. The molecule has 0 heterocycles. The second kappa shape index (κ2) is 11.3. The molecule has 28 heavy (non-hydrogen) atoms. The Kier molecular flexibility index (Phi) is 8.75. The van der Waals surface area contributed by atoms with E-state index in [9.17, 15) is 0 Å². The van der Waals surface area contributed by atoms with E-state index in [1.807, 2.05) is 30.3 Å². The second-order valence-electron chi connectivity index (χ2n) is 6.08. The predicted molar refractivity (Wildman–Crippen MR) is 114 cm³/mol. The quantitative estimate of drug-likeness (QED) is 0.378. The largest absolute Gasteiger partial charge is 0.493 e. The average molecular weight is 406 g/mol. The summed E-state index contributed by atoms with van der Waals surface area (Å²) in [6, 6.07) is 11.8. The maximum Gasteiger partial charge on any atom is 0.203 e. The molecule has 2 N–H and O–H groups in total. The molecule has 0 bridgehead atoms. The van der Waals surface area contributed by atoms with Gasteiger partial charge in [-0.3, -0.25) is 4.99 Å². The van der Waals surface area contributed by atoms with Gasteiger partial charge in [-0.2, -0.15) is 0 Å². The van der Waals surface area contributed by atoms with Gasteiger partial charge < -0.3 is 24.8 Å². The lowest BCUT2D eigenvalue weighted by Gasteiger charge is -2.16. The Bertz CT molecular complexity index is 771. The Morgan fingerprint density at radius 2 is 1.68 bits per heavy atom. The zero-order valence-electron chi connectivity index (χ0n) is 16.8. The van der Waals surface area contributed by atoms with E-state index in [2.05, 4.69) is 21.7 Å². The third-order valence-electron chi connectivity index (χ3n) is 4.28. The van der Waals surface area contributed by atoms with Crippen molar-refractivity contribution in [2.24, 2.45) is 4.99 Å². The number of ether oxygens (including phenoxy) is 3. The molecule has 7 heteroatoms. The van der Waals surface area contributed by atoms with Crippen molar-refractivity contribution in [3.8, 4) is 17.2 Å². The molecule has 2 rings (SSSR count). The van der Waals surface area contributed by atoms with Crippen LogP contribution in [0, 0.1) is 0 Å². The summed E-state index contributed by atoms with van der Waals surface area (Å²) in [5, 5.41) is 7.43. The normalized spacial score (nSPS) is 11.1. The summed E-state index contributed by atoms with van der Waals surface area (Å²) in [6.45, 7) is 1.36. The molecule has 0 atom stereocenters. The van der Waals surface area contributed by atoms with Crippen molar-refractivity contribution >= 4 is 17.6 Å². The first-order valence-corrected chi connectivity index (χ1v) is 9.47. The summed E-state index contributed by atoms with van der Waals surface area (Å²) in [5.41, 5.74) is 2.15. The molecule has 0 saturated carbocycles. The minimum absolute atomic E-state index is 0.570. The fraction of sp³-hybridized carbons (Fsp3) is 0.381. The topological polar surface area (TPSA) is 64.1 Å². The van der Waals surface area contributed by atoms with E-state index < -0.39 is 0 Å². The van der Waals surface area contributed by atoms with Crippen LogP contribution in [0.4, 0.5) is 0 Å². The van der Waals surface area contributed by atoms with Crippen molar-refractivity contribution in [1.82, 2.24) is 10.6 Å². The third-order valence-corrected chi connectivity index (χ3v) is 4.65. The molecule has 0 aliphatic carbocycles. The summed E-state index contributed by atoms with van der Waals surface area (Å²) in [6.07, 6.45) is 1.87. The molecule has 0 unspecified atom stereocenters. The van der Waals surface area contributed by atoms with Crippen molar-refractivity contribution in [2.45, 2.75) is 19.4 Å². The number of hydrogen-bond donors (Lipinski definition) is 2. The SMILES string of the molecule is CN=C(NCCCc1ccccc1Cl)NCc1cc(OC)c(OC)c(OC)c1. The first-order valence-electron chi connectivity index (χ1n) is 9.09. The minimum Gasteiger partial charge on any atom is -0.493 e. The second-order valence-corrected chi connectivity index (χ2v) is 6.49. The lowest BCUT2D eigenvalue weighted by Crippen LogP contribution is -2.37. The number of methoxy groups -OCH3 is 3. The predicted octanol–water partition coefficient (Wildman–Crippen LogP) is 3.66. The van der Waals surface area contributed by atoms with Crippen molar-refractivity contribution in [3.05, 3.63) is 52.5 Å². The van der Waals surface area contributed by atoms with Crippen LogP contribution in [-0.2, 0) is 13.0 Å². The highest BCUT2D eigenvalue weighted by atomic mass is 35.5. The number of nitrogens with one attached hydrogen (secondary N) is 2. The Balaban J connectivity index is 1.87. The number of benzene rings is 2. The summed E-state index contributed by atoms with van der Waals surface area (Å²) in [4.78, 5) is 4.27. The molecule has 0 aromatic heterocycles. The molecule has 0 spiro atoms. The molecule has 0 amide bonds. The highest BCUT2D eigenvalue weighted by Gasteiger charge is 2.13. The van der Waals surface area contributed by atoms with E-state index in [4.69, 9.17) is 25.8 Å². The van der Waals surface area contributed by atoms with Crippen LogP contribution in [0.2, 0.25) is 5.02 Å². The monoisotopic (exact) mass is 405 g/mol. The Hall–Kier alpha value is -2.60. The molecule has 0 aliphatic rings. The first-order chi connectivity index (χ1) is 13.6. The van der Waals surface area contributed by atoms with Crippen LogP contribution in [-0.4, -0.2) is 40.9 Å². The number of aliphatic imine (C=N–C) groups is 1. The van der Waals surface area contributed by atoms with Gasteiger partial charge in [0.1, 0.15) is 0 Å². The Labute approximate surface area is 171 Å². The van der Waals surface area contributed by atoms with Gasteiger partial charge in [0.2, 0.25) is 5.75 Å². The van der Waals surface area contributed by atoms with Crippen LogP contribution >= 0.6 is 11.6 Å². The van der Waals surface area contributed by atoms with Crippen LogP contribution < -0.4 is 24.8 Å². The smallest absolute Gasteiger partial charge is 0.203 e. The van der Waals surface area contributed by atoms with Gasteiger partial charge in [0, 0.05) is 25.2 Å².